The number of rotatable bonds is 2. The van der Waals surface area contributed by atoms with E-state index in [0.717, 1.165) is 18.4 Å². The van der Waals surface area contributed by atoms with Crippen LogP contribution in [-0.2, 0) is 4.74 Å². The molecule has 2 atom stereocenters. The summed E-state index contributed by atoms with van der Waals surface area (Å²) in [4.78, 5) is 0. The van der Waals surface area contributed by atoms with Gasteiger partial charge in [0.25, 0.3) is 0 Å². The lowest BCUT2D eigenvalue weighted by Crippen LogP contribution is -2.20. The molecule has 1 heteroatoms. The quantitative estimate of drug-likeness (QED) is 0.619. The second-order valence-electron chi connectivity index (χ2n) is 3.48. The zero-order chi connectivity index (χ0) is 9.40. The maximum Gasteiger partial charge on any atom is 0.0493 e. The van der Waals surface area contributed by atoms with Crippen LogP contribution in [0.25, 0.3) is 0 Å². The summed E-state index contributed by atoms with van der Waals surface area (Å²) in [6.45, 7) is 7.32. The molecule has 1 aliphatic rings. The van der Waals surface area contributed by atoms with Crippen molar-refractivity contribution >= 4 is 0 Å². The standard InChI is InChI=1S/C9H18O.C2H6/c1-8-5-3-4-6-9(8)7-10-2;1-2/h8-9H,3-7H2,1-2H3;1-2H3. The zero-order valence-corrected chi connectivity index (χ0v) is 9.10. The molecule has 1 fully saturated rings. The van der Waals surface area contributed by atoms with Gasteiger partial charge < -0.3 is 4.74 Å². The molecule has 0 aromatic heterocycles. The van der Waals surface area contributed by atoms with Crippen LogP contribution in [0.2, 0.25) is 0 Å². The fraction of sp³-hybridized carbons (Fsp3) is 1.00. The van der Waals surface area contributed by atoms with Crippen molar-refractivity contribution in [3.05, 3.63) is 0 Å². The summed E-state index contributed by atoms with van der Waals surface area (Å²) in [5, 5.41) is 0. The lowest BCUT2D eigenvalue weighted by Gasteiger charge is -2.27. The van der Waals surface area contributed by atoms with Gasteiger partial charge in [-0.25, -0.2) is 0 Å². The molecular weight excluding hydrogens is 148 g/mol. The molecule has 1 aliphatic carbocycles. The van der Waals surface area contributed by atoms with Crippen LogP contribution in [0.15, 0.2) is 0 Å². The smallest absolute Gasteiger partial charge is 0.0493 e. The molecule has 74 valence electrons. The lowest BCUT2D eigenvalue weighted by molar-refractivity contribution is 0.101. The van der Waals surface area contributed by atoms with Gasteiger partial charge in [0.15, 0.2) is 0 Å². The maximum absolute atomic E-state index is 5.15. The minimum atomic E-state index is 0.846. The second-order valence-corrected chi connectivity index (χ2v) is 3.48. The highest BCUT2D eigenvalue weighted by molar-refractivity contribution is 4.71. The van der Waals surface area contributed by atoms with Gasteiger partial charge in [0, 0.05) is 13.7 Å². The second kappa shape index (κ2) is 7.60. The number of ether oxygens (including phenoxy) is 1. The average molecular weight is 172 g/mol. The van der Waals surface area contributed by atoms with Gasteiger partial charge in [0.1, 0.15) is 0 Å². The van der Waals surface area contributed by atoms with Crippen molar-refractivity contribution in [3.63, 3.8) is 0 Å². The third-order valence-electron chi connectivity index (χ3n) is 2.67. The highest BCUT2D eigenvalue weighted by Gasteiger charge is 2.20. The van der Waals surface area contributed by atoms with E-state index in [1.807, 2.05) is 13.8 Å². The predicted molar refractivity (Wildman–Crippen MR) is 54.3 cm³/mol. The first kappa shape index (κ1) is 12.0. The Morgan fingerprint density at radius 1 is 1.17 bits per heavy atom. The number of methoxy groups -OCH3 is 1. The molecule has 12 heavy (non-hydrogen) atoms. The largest absolute Gasteiger partial charge is 0.384 e. The van der Waals surface area contributed by atoms with E-state index in [2.05, 4.69) is 6.92 Å². The molecule has 0 radical (unpaired) electrons. The van der Waals surface area contributed by atoms with Gasteiger partial charge in [-0.15, -0.1) is 0 Å². The molecule has 1 saturated carbocycles. The Kier molecular flexibility index (Phi) is 7.58. The van der Waals surface area contributed by atoms with Crippen LogP contribution in [-0.4, -0.2) is 13.7 Å². The highest BCUT2D eigenvalue weighted by atomic mass is 16.5. The summed E-state index contributed by atoms with van der Waals surface area (Å²) in [5.74, 6) is 1.74. The van der Waals surface area contributed by atoms with Crippen LogP contribution >= 0.6 is 0 Å². The molecule has 0 aromatic carbocycles. The molecular formula is C11H24O. The van der Waals surface area contributed by atoms with Crippen LogP contribution in [0.3, 0.4) is 0 Å². The van der Waals surface area contributed by atoms with Crippen LogP contribution < -0.4 is 0 Å². The van der Waals surface area contributed by atoms with Gasteiger partial charge >= 0.3 is 0 Å². The van der Waals surface area contributed by atoms with Crippen molar-refractivity contribution < 1.29 is 4.74 Å². The van der Waals surface area contributed by atoms with Gasteiger partial charge in [0.2, 0.25) is 0 Å². The van der Waals surface area contributed by atoms with E-state index in [-0.39, 0.29) is 0 Å². The minimum absolute atomic E-state index is 0.846. The Bertz CT molecular complexity index is 89.0. The first-order chi connectivity index (χ1) is 5.84. The molecule has 0 spiro atoms. The topological polar surface area (TPSA) is 9.23 Å². The van der Waals surface area contributed by atoms with E-state index in [9.17, 15) is 0 Å². The maximum atomic E-state index is 5.15. The Labute approximate surface area is 77.5 Å². The van der Waals surface area contributed by atoms with Gasteiger partial charge in [0.05, 0.1) is 0 Å². The van der Waals surface area contributed by atoms with Crippen molar-refractivity contribution in [3.8, 4) is 0 Å². The Balaban J connectivity index is 0.000000561. The summed E-state index contributed by atoms with van der Waals surface area (Å²) in [6.07, 6.45) is 5.64. The molecule has 0 N–H and O–H groups in total. The van der Waals surface area contributed by atoms with Crippen molar-refractivity contribution in [2.45, 2.75) is 46.5 Å². The first-order valence-corrected chi connectivity index (χ1v) is 5.33. The summed E-state index contributed by atoms with van der Waals surface area (Å²) in [5.41, 5.74) is 0. The number of hydrogen-bond acceptors (Lipinski definition) is 1. The van der Waals surface area contributed by atoms with Crippen LogP contribution in [0, 0.1) is 11.8 Å². The van der Waals surface area contributed by atoms with Crippen LogP contribution in [0.4, 0.5) is 0 Å². The molecule has 1 nitrogen and oxygen atoms in total. The summed E-state index contributed by atoms with van der Waals surface area (Å²) >= 11 is 0. The minimum Gasteiger partial charge on any atom is -0.384 e. The monoisotopic (exact) mass is 172 g/mol. The van der Waals surface area contributed by atoms with Gasteiger partial charge in [-0.2, -0.15) is 0 Å². The van der Waals surface area contributed by atoms with Crippen molar-refractivity contribution in [2.24, 2.45) is 11.8 Å². The average Bonchev–Trinajstić information content (AvgIpc) is 2.13. The molecule has 1 rings (SSSR count). The molecule has 0 amide bonds. The molecule has 0 heterocycles. The van der Waals surface area contributed by atoms with E-state index >= 15 is 0 Å². The fourth-order valence-electron chi connectivity index (χ4n) is 1.85. The zero-order valence-electron chi connectivity index (χ0n) is 9.10. The molecule has 0 bridgehead atoms. The van der Waals surface area contributed by atoms with E-state index in [1.54, 1.807) is 7.11 Å². The third kappa shape index (κ3) is 4.10. The SMILES string of the molecule is CC.COCC1CCCCC1C. The van der Waals surface area contributed by atoms with Crippen LogP contribution in [0.1, 0.15) is 46.5 Å². The fourth-order valence-corrected chi connectivity index (χ4v) is 1.85. The van der Waals surface area contributed by atoms with E-state index in [1.165, 1.54) is 25.7 Å². The van der Waals surface area contributed by atoms with Gasteiger partial charge in [-0.05, 0) is 18.3 Å². The van der Waals surface area contributed by atoms with E-state index in [4.69, 9.17) is 4.74 Å². The Morgan fingerprint density at radius 3 is 2.25 bits per heavy atom. The molecule has 0 aromatic rings. The van der Waals surface area contributed by atoms with Gasteiger partial charge in [-0.3, -0.25) is 0 Å². The summed E-state index contributed by atoms with van der Waals surface area (Å²) in [7, 11) is 1.81. The normalized spacial score (nSPS) is 29.0. The number of hydrogen-bond donors (Lipinski definition) is 0. The van der Waals surface area contributed by atoms with Gasteiger partial charge in [-0.1, -0.05) is 40.0 Å². The summed E-state index contributed by atoms with van der Waals surface area (Å²) in [6, 6.07) is 0. The van der Waals surface area contributed by atoms with Crippen molar-refractivity contribution in [2.75, 3.05) is 13.7 Å². The van der Waals surface area contributed by atoms with Crippen molar-refractivity contribution in [1.82, 2.24) is 0 Å². The predicted octanol–water partition coefficient (Wildman–Crippen LogP) is 3.49. The highest BCUT2D eigenvalue weighted by Crippen LogP contribution is 2.29. The lowest BCUT2D eigenvalue weighted by atomic mass is 9.81. The van der Waals surface area contributed by atoms with E-state index in [0.29, 0.717) is 0 Å². The summed E-state index contributed by atoms with van der Waals surface area (Å²) < 4.78 is 5.15. The van der Waals surface area contributed by atoms with Crippen LogP contribution in [0.5, 0.6) is 0 Å². The molecule has 2 unspecified atom stereocenters. The molecule has 0 saturated heterocycles. The first-order valence-electron chi connectivity index (χ1n) is 5.33. The Hall–Kier alpha value is -0.0400. The van der Waals surface area contributed by atoms with E-state index < -0.39 is 0 Å². The third-order valence-corrected chi connectivity index (χ3v) is 2.67. The molecule has 0 aliphatic heterocycles. The Morgan fingerprint density at radius 2 is 1.75 bits per heavy atom. The van der Waals surface area contributed by atoms with Crippen molar-refractivity contribution in [1.29, 1.82) is 0 Å².